The molecule has 0 bridgehead atoms. The number of rotatable bonds is 3. The predicted molar refractivity (Wildman–Crippen MR) is 115 cm³/mol. The number of carbonyl (C=O) groups is 1. The van der Waals surface area contributed by atoms with Gasteiger partial charge in [0.2, 0.25) is 0 Å². The average Bonchev–Trinajstić information content (AvgIpc) is 2.90. The molecule has 1 heterocycles. The Bertz CT molecular complexity index is 1050. The predicted octanol–water partition coefficient (Wildman–Crippen LogP) is 6.17. The molecule has 0 saturated carbocycles. The zero-order valence-electron chi connectivity index (χ0n) is 14.9. The van der Waals surface area contributed by atoms with E-state index in [-0.39, 0.29) is 5.91 Å². The maximum Gasteiger partial charge on any atom is 0.257 e. The summed E-state index contributed by atoms with van der Waals surface area (Å²) in [7, 11) is 0. The van der Waals surface area contributed by atoms with Gasteiger partial charge in [-0.05, 0) is 48.9 Å². The molecule has 1 aliphatic heterocycles. The van der Waals surface area contributed by atoms with E-state index in [0.717, 1.165) is 10.0 Å². The first-order valence-corrected chi connectivity index (χ1v) is 10.2. The van der Waals surface area contributed by atoms with Crippen molar-refractivity contribution in [1.82, 2.24) is 4.90 Å². The van der Waals surface area contributed by atoms with Crippen LogP contribution in [0.4, 0.5) is 0 Å². The fourth-order valence-electron chi connectivity index (χ4n) is 3.73. The molecular formula is C22H16BrCl2NO2. The van der Waals surface area contributed by atoms with Crippen molar-refractivity contribution in [2.75, 3.05) is 0 Å². The topological polar surface area (TPSA) is 40.5 Å². The minimum absolute atomic E-state index is 0.240. The normalized spacial score (nSPS) is 19.6. The first kappa shape index (κ1) is 19.5. The molecule has 28 heavy (non-hydrogen) atoms. The van der Waals surface area contributed by atoms with Gasteiger partial charge in [0.25, 0.3) is 5.91 Å². The summed E-state index contributed by atoms with van der Waals surface area (Å²) >= 11 is 15.5. The van der Waals surface area contributed by atoms with Crippen LogP contribution in [0.25, 0.3) is 0 Å². The van der Waals surface area contributed by atoms with Crippen LogP contribution in [0.3, 0.4) is 0 Å². The van der Waals surface area contributed by atoms with E-state index < -0.39 is 11.8 Å². The van der Waals surface area contributed by atoms with E-state index in [2.05, 4.69) is 15.9 Å². The van der Waals surface area contributed by atoms with Crippen molar-refractivity contribution < 1.29 is 9.90 Å². The van der Waals surface area contributed by atoms with Crippen molar-refractivity contribution in [1.29, 1.82) is 0 Å². The van der Waals surface area contributed by atoms with Crippen molar-refractivity contribution in [3.05, 3.63) is 104 Å². The molecule has 1 N–H and O–H groups in total. The summed E-state index contributed by atoms with van der Waals surface area (Å²) in [6, 6.07) is 19.1. The van der Waals surface area contributed by atoms with Gasteiger partial charge in [-0.15, -0.1) is 0 Å². The summed E-state index contributed by atoms with van der Waals surface area (Å²) in [4.78, 5) is 14.9. The molecule has 142 valence electrons. The summed E-state index contributed by atoms with van der Waals surface area (Å²) in [6.45, 7) is 1.89. The molecule has 3 aromatic carbocycles. The van der Waals surface area contributed by atoms with Gasteiger partial charge < -0.3 is 5.11 Å². The van der Waals surface area contributed by atoms with Crippen LogP contribution in [0, 0.1) is 0 Å². The second-order valence-electron chi connectivity index (χ2n) is 6.77. The van der Waals surface area contributed by atoms with E-state index in [1.807, 2.05) is 25.1 Å². The van der Waals surface area contributed by atoms with Crippen LogP contribution in [0.2, 0.25) is 10.0 Å². The molecule has 0 aliphatic carbocycles. The fourth-order valence-corrected chi connectivity index (χ4v) is 4.34. The molecular weight excluding hydrogens is 461 g/mol. The highest BCUT2D eigenvalue weighted by Gasteiger charge is 2.52. The molecule has 6 heteroatoms. The minimum Gasteiger partial charge on any atom is -0.363 e. The summed E-state index contributed by atoms with van der Waals surface area (Å²) in [5.74, 6) is -0.240. The Morgan fingerprint density at radius 3 is 2.14 bits per heavy atom. The summed E-state index contributed by atoms with van der Waals surface area (Å²) in [5.41, 5.74) is 0.845. The van der Waals surface area contributed by atoms with E-state index in [1.54, 1.807) is 48.5 Å². The van der Waals surface area contributed by atoms with Crippen LogP contribution < -0.4 is 0 Å². The van der Waals surface area contributed by atoms with Gasteiger partial charge in [-0.2, -0.15) is 0 Å². The number of amides is 1. The first-order chi connectivity index (χ1) is 13.3. The van der Waals surface area contributed by atoms with Crippen molar-refractivity contribution in [2.24, 2.45) is 0 Å². The molecule has 2 atom stereocenters. The monoisotopic (exact) mass is 475 g/mol. The van der Waals surface area contributed by atoms with Gasteiger partial charge in [-0.25, -0.2) is 0 Å². The molecule has 3 aromatic rings. The van der Waals surface area contributed by atoms with Crippen LogP contribution in [-0.4, -0.2) is 15.9 Å². The number of hydrogen-bond acceptors (Lipinski definition) is 2. The highest BCUT2D eigenvalue weighted by Crippen LogP contribution is 2.47. The van der Waals surface area contributed by atoms with Gasteiger partial charge in [0, 0.05) is 31.2 Å². The fraction of sp³-hybridized carbons (Fsp3) is 0.136. The highest BCUT2D eigenvalue weighted by molar-refractivity contribution is 9.10. The van der Waals surface area contributed by atoms with Gasteiger partial charge in [0.15, 0.2) is 5.72 Å². The number of fused-ring (bicyclic) bond motifs is 1. The highest BCUT2D eigenvalue weighted by atomic mass is 79.9. The standard InChI is InChI=1S/C22H16BrCl2NO2/c1-13(14-2-7-17(24)8-3-14)26-21(27)19-12-16(23)6-11-20(19)22(26,28)15-4-9-18(25)10-5-15/h2-13,28H,1H3/t13-,22-/m0/s1. The zero-order valence-corrected chi connectivity index (χ0v) is 18.0. The maximum absolute atomic E-state index is 13.4. The van der Waals surface area contributed by atoms with Gasteiger partial charge in [-0.3, -0.25) is 9.69 Å². The van der Waals surface area contributed by atoms with E-state index in [4.69, 9.17) is 23.2 Å². The minimum atomic E-state index is -1.61. The quantitative estimate of drug-likeness (QED) is 0.491. The molecule has 0 aromatic heterocycles. The Hall–Kier alpha value is -1.85. The van der Waals surface area contributed by atoms with Crippen LogP contribution in [0.5, 0.6) is 0 Å². The molecule has 4 rings (SSSR count). The van der Waals surface area contributed by atoms with Gasteiger partial charge in [-0.1, -0.05) is 69.5 Å². The van der Waals surface area contributed by atoms with Crippen molar-refractivity contribution in [2.45, 2.75) is 18.7 Å². The molecule has 3 nitrogen and oxygen atoms in total. The lowest BCUT2D eigenvalue weighted by Crippen LogP contribution is -2.46. The SMILES string of the molecule is C[C@@H](c1ccc(Cl)cc1)N1C(=O)c2cc(Br)ccc2[C@@]1(O)c1ccc(Cl)cc1. The lowest BCUT2D eigenvalue weighted by molar-refractivity contribution is -0.0677. The Morgan fingerprint density at radius 2 is 1.54 bits per heavy atom. The largest absolute Gasteiger partial charge is 0.363 e. The first-order valence-electron chi connectivity index (χ1n) is 8.70. The summed E-state index contributed by atoms with van der Waals surface area (Å²) in [5, 5.41) is 13.1. The third-order valence-corrected chi connectivity index (χ3v) is 6.14. The summed E-state index contributed by atoms with van der Waals surface area (Å²) in [6.07, 6.45) is 0. The Kier molecular flexibility index (Phi) is 5.00. The molecule has 1 aliphatic rings. The molecule has 0 radical (unpaired) electrons. The van der Waals surface area contributed by atoms with Gasteiger partial charge in [0.1, 0.15) is 0 Å². The molecule has 0 unspecified atom stereocenters. The average molecular weight is 477 g/mol. The number of benzene rings is 3. The number of halogens is 3. The zero-order chi connectivity index (χ0) is 20.1. The summed E-state index contributed by atoms with van der Waals surface area (Å²) < 4.78 is 0.777. The molecule has 1 amide bonds. The second kappa shape index (κ2) is 7.20. The van der Waals surface area contributed by atoms with E-state index in [1.165, 1.54) is 4.90 Å². The Balaban J connectivity index is 1.91. The molecule has 0 fully saturated rings. The lowest BCUT2D eigenvalue weighted by Gasteiger charge is -2.39. The Labute approximate surface area is 181 Å². The van der Waals surface area contributed by atoms with E-state index in [0.29, 0.717) is 26.7 Å². The van der Waals surface area contributed by atoms with Crippen molar-refractivity contribution in [3.63, 3.8) is 0 Å². The maximum atomic E-state index is 13.4. The lowest BCUT2D eigenvalue weighted by atomic mass is 9.92. The number of aliphatic hydroxyl groups is 1. The van der Waals surface area contributed by atoms with Crippen LogP contribution in [0.15, 0.2) is 71.2 Å². The van der Waals surface area contributed by atoms with Crippen molar-refractivity contribution in [3.8, 4) is 0 Å². The third-order valence-electron chi connectivity index (χ3n) is 5.14. The Morgan fingerprint density at radius 1 is 0.964 bits per heavy atom. The third kappa shape index (κ3) is 3.05. The number of carbonyl (C=O) groups excluding carboxylic acids is 1. The van der Waals surface area contributed by atoms with E-state index >= 15 is 0 Å². The molecule has 0 spiro atoms. The van der Waals surface area contributed by atoms with Crippen molar-refractivity contribution >= 4 is 45.0 Å². The number of nitrogens with zero attached hydrogens (tertiary/aromatic N) is 1. The van der Waals surface area contributed by atoms with Gasteiger partial charge >= 0.3 is 0 Å². The van der Waals surface area contributed by atoms with Crippen LogP contribution >= 0.6 is 39.1 Å². The van der Waals surface area contributed by atoms with Crippen LogP contribution in [0.1, 0.15) is 40.0 Å². The van der Waals surface area contributed by atoms with Crippen LogP contribution in [-0.2, 0) is 5.72 Å². The number of hydrogen-bond donors (Lipinski definition) is 1. The van der Waals surface area contributed by atoms with E-state index in [9.17, 15) is 9.90 Å². The smallest absolute Gasteiger partial charge is 0.257 e. The van der Waals surface area contributed by atoms with Gasteiger partial charge in [0.05, 0.1) is 6.04 Å². The second-order valence-corrected chi connectivity index (χ2v) is 8.56. The molecule has 0 saturated heterocycles.